The molecule has 190 valence electrons. The zero-order chi connectivity index (χ0) is 25.5. The third-order valence-corrected chi connectivity index (χ3v) is 6.78. The highest BCUT2D eigenvalue weighted by Gasteiger charge is 2.28. The van der Waals surface area contributed by atoms with E-state index in [1.807, 2.05) is 49.4 Å². The fraction of sp³-hybridized carbons (Fsp3) is 0.357. The second kappa shape index (κ2) is 12.4. The van der Waals surface area contributed by atoms with Gasteiger partial charge in [0.1, 0.15) is 18.1 Å². The molecule has 1 atom stereocenters. The topological polar surface area (TPSA) is 63.0 Å². The van der Waals surface area contributed by atoms with Gasteiger partial charge in [0, 0.05) is 24.7 Å². The van der Waals surface area contributed by atoms with Crippen molar-refractivity contribution in [1.82, 2.24) is 9.80 Å². The Morgan fingerprint density at radius 3 is 2.50 bits per heavy atom. The Morgan fingerprint density at radius 2 is 1.83 bits per heavy atom. The number of amides is 2. The van der Waals surface area contributed by atoms with Gasteiger partial charge in [-0.15, -0.1) is 0 Å². The third-order valence-electron chi connectivity index (χ3n) is 6.23. The number of aryl methyl sites for hydroxylation is 1. The van der Waals surface area contributed by atoms with Gasteiger partial charge in [-0.2, -0.15) is 0 Å². The Bertz CT molecular complexity index is 1180. The lowest BCUT2D eigenvalue weighted by Gasteiger charge is -2.29. The minimum Gasteiger partial charge on any atom is -0.464 e. The maximum Gasteiger partial charge on any atom is 0.255 e. The predicted octanol–water partition coefficient (Wildman–Crippen LogP) is 5.79. The number of nitrogens with zero attached hydrogens (tertiary/aromatic N) is 2. The van der Waals surface area contributed by atoms with Gasteiger partial charge < -0.3 is 19.0 Å². The molecule has 0 bridgehead atoms. The molecule has 0 N–H and O–H groups in total. The minimum absolute atomic E-state index is 0.0911. The van der Waals surface area contributed by atoms with Gasteiger partial charge in [0.15, 0.2) is 0 Å². The summed E-state index contributed by atoms with van der Waals surface area (Å²) in [5, 5.41) is 0.698. The van der Waals surface area contributed by atoms with E-state index in [2.05, 4.69) is 0 Å². The molecule has 1 fully saturated rings. The summed E-state index contributed by atoms with van der Waals surface area (Å²) >= 11 is 12.4. The van der Waals surface area contributed by atoms with Crippen molar-refractivity contribution in [3.8, 4) is 0 Å². The fourth-order valence-corrected chi connectivity index (χ4v) is 4.80. The highest BCUT2D eigenvalue weighted by molar-refractivity contribution is 6.36. The summed E-state index contributed by atoms with van der Waals surface area (Å²) in [6, 6.07) is 18.5. The molecule has 0 saturated carbocycles. The fourth-order valence-electron chi connectivity index (χ4n) is 4.31. The van der Waals surface area contributed by atoms with Gasteiger partial charge in [-0.3, -0.25) is 9.59 Å². The number of carbonyl (C=O) groups is 2. The predicted molar refractivity (Wildman–Crippen MR) is 140 cm³/mol. The molecule has 0 radical (unpaired) electrons. The van der Waals surface area contributed by atoms with Gasteiger partial charge in [0.05, 0.1) is 23.2 Å². The summed E-state index contributed by atoms with van der Waals surface area (Å²) in [7, 11) is 0. The van der Waals surface area contributed by atoms with Crippen molar-refractivity contribution in [1.29, 1.82) is 0 Å². The van der Waals surface area contributed by atoms with Gasteiger partial charge in [0.25, 0.3) is 5.91 Å². The monoisotopic (exact) mass is 528 g/mol. The van der Waals surface area contributed by atoms with Crippen LogP contribution in [-0.4, -0.2) is 54.0 Å². The smallest absolute Gasteiger partial charge is 0.255 e. The zero-order valence-corrected chi connectivity index (χ0v) is 21.8. The molecular formula is C28H30Cl2N2O4. The third kappa shape index (κ3) is 7.12. The highest BCUT2D eigenvalue weighted by atomic mass is 35.5. The lowest BCUT2D eigenvalue weighted by Crippen LogP contribution is -2.46. The van der Waals surface area contributed by atoms with Crippen LogP contribution in [0.1, 0.15) is 40.3 Å². The molecule has 0 unspecified atom stereocenters. The quantitative estimate of drug-likeness (QED) is 0.334. The first-order valence-electron chi connectivity index (χ1n) is 12.1. The minimum atomic E-state index is -0.322. The first-order valence-corrected chi connectivity index (χ1v) is 12.9. The Balaban J connectivity index is 1.54. The number of rotatable bonds is 10. The van der Waals surface area contributed by atoms with Crippen molar-refractivity contribution in [2.45, 2.75) is 38.8 Å². The van der Waals surface area contributed by atoms with Crippen LogP contribution in [-0.2, 0) is 22.5 Å². The molecular weight excluding hydrogens is 499 g/mol. The molecule has 2 aromatic carbocycles. The molecule has 0 spiro atoms. The van der Waals surface area contributed by atoms with E-state index in [0.717, 1.165) is 24.2 Å². The van der Waals surface area contributed by atoms with Crippen molar-refractivity contribution in [2.75, 3.05) is 26.2 Å². The van der Waals surface area contributed by atoms with E-state index < -0.39 is 0 Å². The normalized spacial score (nSPS) is 15.1. The second-order valence-electron chi connectivity index (χ2n) is 9.01. The molecule has 36 heavy (non-hydrogen) atoms. The van der Waals surface area contributed by atoms with Crippen LogP contribution < -0.4 is 0 Å². The number of carbonyl (C=O) groups excluding carboxylic acids is 2. The van der Waals surface area contributed by atoms with Crippen LogP contribution in [0.4, 0.5) is 0 Å². The Hall–Kier alpha value is -2.80. The average molecular weight is 529 g/mol. The maximum atomic E-state index is 13.6. The largest absolute Gasteiger partial charge is 0.464 e. The number of furan rings is 1. The van der Waals surface area contributed by atoms with Crippen LogP contribution in [0.25, 0.3) is 0 Å². The van der Waals surface area contributed by atoms with Crippen LogP contribution in [0, 0.1) is 6.92 Å². The molecule has 6 nitrogen and oxygen atoms in total. The molecule has 1 aliphatic rings. The highest BCUT2D eigenvalue weighted by Crippen LogP contribution is 2.24. The number of hydrogen-bond donors (Lipinski definition) is 0. The van der Waals surface area contributed by atoms with E-state index in [9.17, 15) is 9.59 Å². The lowest BCUT2D eigenvalue weighted by atomic mass is 10.1. The molecule has 1 aliphatic heterocycles. The molecule has 2 amide bonds. The first-order chi connectivity index (χ1) is 17.4. The van der Waals surface area contributed by atoms with Crippen molar-refractivity contribution in [2.24, 2.45) is 0 Å². The van der Waals surface area contributed by atoms with Crippen molar-refractivity contribution < 1.29 is 18.7 Å². The Kier molecular flexibility index (Phi) is 9.08. The van der Waals surface area contributed by atoms with Crippen molar-refractivity contribution in [3.63, 3.8) is 0 Å². The summed E-state index contributed by atoms with van der Waals surface area (Å²) < 4.78 is 11.5. The van der Waals surface area contributed by atoms with Gasteiger partial charge in [-0.25, -0.2) is 0 Å². The average Bonchev–Trinajstić information content (AvgIpc) is 3.53. The van der Waals surface area contributed by atoms with E-state index in [1.54, 1.807) is 17.0 Å². The molecule has 1 aromatic heterocycles. The zero-order valence-electron chi connectivity index (χ0n) is 20.3. The van der Waals surface area contributed by atoms with Crippen LogP contribution in [0.15, 0.2) is 65.1 Å². The Labute approximate surface area is 221 Å². The lowest BCUT2D eigenvalue weighted by molar-refractivity contribution is -0.133. The van der Waals surface area contributed by atoms with Gasteiger partial charge in [-0.05, 0) is 62.1 Å². The summed E-state index contributed by atoms with van der Waals surface area (Å²) in [5.74, 6) is 0.994. The summed E-state index contributed by atoms with van der Waals surface area (Å²) in [4.78, 5) is 30.4. The molecule has 0 aliphatic carbocycles. The molecule has 3 aromatic rings. The van der Waals surface area contributed by atoms with Crippen molar-refractivity contribution in [3.05, 3.63) is 93.4 Å². The summed E-state index contributed by atoms with van der Waals surface area (Å²) in [6.45, 7) is 3.57. The van der Waals surface area contributed by atoms with Crippen LogP contribution in [0.3, 0.4) is 0 Å². The number of halogens is 2. The number of hydrogen-bond acceptors (Lipinski definition) is 4. The summed E-state index contributed by atoms with van der Waals surface area (Å²) in [5.41, 5.74) is 1.44. The van der Waals surface area contributed by atoms with Gasteiger partial charge in [-0.1, -0.05) is 53.5 Å². The summed E-state index contributed by atoms with van der Waals surface area (Å²) in [6.07, 6.45) is 2.35. The van der Waals surface area contributed by atoms with E-state index in [-0.39, 0.29) is 29.5 Å². The van der Waals surface area contributed by atoms with Gasteiger partial charge in [0.2, 0.25) is 5.91 Å². The Morgan fingerprint density at radius 1 is 1.03 bits per heavy atom. The first kappa shape index (κ1) is 26.3. The standard InChI is InChI=1S/C28H30Cl2N2O4/c1-20-9-11-24(36-20)18-31(14-13-21-6-3-2-4-7-21)27(33)19-32(17-23-8-5-15-35-23)28(34)25-12-10-22(29)16-26(25)30/h2-4,6-7,9-12,16,23H,5,8,13-15,17-19H2,1H3/t23-/m0/s1. The molecule has 8 heteroatoms. The van der Waals surface area contributed by atoms with Crippen LogP contribution in [0.2, 0.25) is 10.0 Å². The molecule has 1 saturated heterocycles. The van der Waals surface area contributed by atoms with E-state index >= 15 is 0 Å². The van der Waals surface area contributed by atoms with Crippen molar-refractivity contribution >= 4 is 35.0 Å². The van der Waals surface area contributed by atoms with Crippen LogP contribution in [0.5, 0.6) is 0 Å². The SMILES string of the molecule is Cc1ccc(CN(CCc2ccccc2)C(=O)CN(C[C@@H]2CCCO2)C(=O)c2ccc(Cl)cc2Cl)o1. The van der Waals surface area contributed by atoms with E-state index in [1.165, 1.54) is 11.0 Å². The molecule has 4 rings (SSSR count). The van der Waals surface area contributed by atoms with Gasteiger partial charge >= 0.3 is 0 Å². The van der Waals surface area contributed by atoms with E-state index in [4.69, 9.17) is 32.4 Å². The number of ether oxygens (including phenoxy) is 1. The maximum absolute atomic E-state index is 13.6. The second-order valence-corrected chi connectivity index (χ2v) is 9.85. The van der Waals surface area contributed by atoms with Crippen LogP contribution >= 0.6 is 23.2 Å². The van der Waals surface area contributed by atoms with E-state index in [0.29, 0.717) is 49.0 Å². The number of benzene rings is 2. The molecule has 2 heterocycles.